The topological polar surface area (TPSA) is 99.7 Å². The predicted octanol–water partition coefficient (Wildman–Crippen LogP) is 4.84. The Morgan fingerprint density at radius 3 is 2.52 bits per heavy atom. The lowest BCUT2D eigenvalue weighted by Gasteiger charge is -2.39. The number of aryl methyl sites for hydroxylation is 1. The summed E-state index contributed by atoms with van der Waals surface area (Å²) in [5.74, 6) is 0.285. The second kappa shape index (κ2) is 10.00. The zero-order chi connectivity index (χ0) is 28.0. The smallest absolute Gasteiger partial charge is 0.337 e. The van der Waals surface area contributed by atoms with Gasteiger partial charge in [-0.3, -0.25) is 9.36 Å². The van der Waals surface area contributed by atoms with Crippen molar-refractivity contribution in [1.82, 2.24) is 14.5 Å². The Bertz CT molecular complexity index is 1790. The van der Waals surface area contributed by atoms with Gasteiger partial charge in [0.15, 0.2) is 11.3 Å². The summed E-state index contributed by atoms with van der Waals surface area (Å²) in [7, 11) is 4.49. The fourth-order valence-corrected chi connectivity index (χ4v) is 5.43. The van der Waals surface area contributed by atoms with Crippen LogP contribution in [0.4, 0.5) is 5.95 Å². The lowest BCUT2D eigenvalue weighted by atomic mass is 9.85. The third-order valence-electron chi connectivity index (χ3n) is 7.46. The number of aromatic nitrogens is 3. The second-order valence-corrected chi connectivity index (χ2v) is 9.75. The molecule has 3 aromatic carbocycles. The molecule has 40 heavy (non-hydrogen) atoms. The highest BCUT2D eigenvalue weighted by Crippen LogP contribution is 2.40. The molecule has 9 heteroatoms. The summed E-state index contributed by atoms with van der Waals surface area (Å²) < 4.78 is 18.0. The number of para-hydroxylation sites is 2. The summed E-state index contributed by atoms with van der Waals surface area (Å²) >= 11 is 0. The average Bonchev–Trinajstić information content (AvgIpc) is 3.42. The van der Waals surface area contributed by atoms with Crippen molar-refractivity contribution in [3.05, 3.63) is 105 Å². The quantitative estimate of drug-likeness (QED) is 0.294. The number of ether oxygens (including phenoxy) is 2. The molecule has 1 aliphatic heterocycles. The molecule has 2 aromatic heterocycles. The van der Waals surface area contributed by atoms with Gasteiger partial charge < -0.3 is 18.8 Å². The maximum Gasteiger partial charge on any atom is 0.337 e. The summed E-state index contributed by atoms with van der Waals surface area (Å²) in [5.41, 5.74) is 5.77. The molecule has 0 saturated carbocycles. The van der Waals surface area contributed by atoms with E-state index < -0.39 is 5.97 Å². The van der Waals surface area contributed by atoms with E-state index in [0.29, 0.717) is 35.6 Å². The van der Waals surface area contributed by atoms with Crippen LogP contribution in [0.15, 0.2) is 75.9 Å². The number of carbonyl (C=O) groups is 1. The highest BCUT2D eigenvalue weighted by Gasteiger charge is 2.34. The van der Waals surface area contributed by atoms with Crippen molar-refractivity contribution in [3.63, 3.8) is 0 Å². The van der Waals surface area contributed by atoms with Crippen LogP contribution < -0.4 is 15.2 Å². The van der Waals surface area contributed by atoms with Crippen molar-refractivity contribution in [2.24, 2.45) is 7.05 Å². The Balaban J connectivity index is 1.58. The summed E-state index contributed by atoms with van der Waals surface area (Å²) in [6.45, 7) is 2.64. The van der Waals surface area contributed by atoms with Crippen molar-refractivity contribution in [2.45, 2.75) is 19.4 Å². The van der Waals surface area contributed by atoms with E-state index in [1.54, 1.807) is 13.1 Å². The van der Waals surface area contributed by atoms with Crippen LogP contribution in [0.5, 0.6) is 5.75 Å². The van der Waals surface area contributed by atoms with Gasteiger partial charge in [-0.25, -0.2) is 14.8 Å². The minimum atomic E-state index is -0.406. The number of nitrogens with zero attached hydrogens (tertiary/aromatic N) is 4. The van der Waals surface area contributed by atoms with Gasteiger partial charge in [0.25, 0.3) is 11.4 Å². The van der Waals surface area contributed by atoms with Gasteiger partial charge in [-0.15, -0.1) is 0 Å². The monoisotopic (exact) mass is 536 g/mol. The Kier molecular flexibility index (Phi) is 6.34. The van der Waals surface area contributed by atoms with Crippen molar-refractivity contribution in [2.75, 3.05) is 25.7 Å². The molecule has 1 atom stereocenters. The largest absolute Gasteiger partial charge is 0.489 e. The molecule has 202 valence electrons. The predicted molar refractivity (Wildman–Crippen MR) is 151 cm³/mol. The van der Waals surface area contributed by atoms with Gasteiger partial charge in [-0.2, -0.15) is 0 Å². The average molecular weight is 537 g/mol. The number of oxazole rings is 1. The Morgan fingerprint density at radius 1 is 1.00 bits per heavy atom. The first-order chi connectivity index (χ1) is 19.4. The normalized spacial score (nSPS) is 14.7. The van der Waals surface area contributed by atoms with Crippen LogP contribution >= 0.6 is 0 Å². The minimum absolute atomic E-state index is 0.0515. The molecular formula is C31H28N4O5. The van der Waals surface area contributed by atoms with E-state index in [1.165, 1.54) is 18.8 Å². The van der Waals surface area contributed by atoms with Gasteiger partial charge in [0.1, 0.15) is 5.52 Å². The number of fused-ring (bicyclic) bond motifs is 2. The molecule has 0 unspecified atom stereocenters. The highest BCUT2D eigenvalue weighted by atomic mass is 16.5. The zero-order valence-corrected chi connectivity index (χ0v) is 22.7. The van der Waals surface area contributed by atoms with Crippen LogP contribution in [0.3, 0.4) is 0 Å². The van der Waals surface area contributed by atoms with E-state index in [2.05, 4.69) is 28.9 Å². The van der Waals surface area contributed by atoms with E-state index >= 15 is 0 Å². The van der Waals surface area contributed by atoms with Gasteiger partial charge in [0, 0.05) is 13.6 Å². The van der Waals surface area contributed by atoms with Crippen LogP contribution in [0.25, 0.3) is 22.7 Å². The minimum Gasteiger partial charge on any atom is -0.489 e. The fraction of sp³-hybridized carbons (Fsp3) is 0.226. The third-order valence-corrected chi connectivity index (χ3v) is 7.46. The first-order valence-electron chi connectivity index (χ1n) is 13.0. The summed E-state index contributed by atoms with van der Waals surface area (Å²) in [5, 5.41) is 0. The van der Waals surface area contributed by atoms with Gasteiger partial charge in [0.2, 0.25) is 11.7 Å². The van der Waals surface area contributed by atoms with Crippen LogP contribution in [0, 0.1) is 6.92 Å². The third kappa shape index (κ3) is 4.10. The van der Waals surface area contributed by atoms with E-state index in [0.717, 1.165) is 22.3 Å². The molecule has 0 fully saturated rings. The number of rotatable bonds is 5. The molecule has 0 N–H and O–H groups in total. The standard InChI is InChI=1S/C31H28N4O5/c1-18-9-5-6-10-21(18)26-22-17-20(30(37)39-4)14-13-19(22)15-16-35(26)31-33-25(27(38-3)29(36)34(31)2)28-32-23-11-7-8-12-24(23)40-28/h5-14,17,26H,15-16H2,1-4H3/t26-/m0/s1. The van der Waals surface area contributed by atoms with Gasteiger partial charge in [0.05, 0.1) is 25.8 Å². The highest BCUT2D eigenvalue weighted by molar-refractivity contribution is 5.89. The lowest BCUT2D eigenvalue weighted by Crippen LogP contribution is -2.40. The Morgan fingerprint density at radius 2 is 1.77 bits per heavy atom. The number of anilines is 1. The molecule has 0 bridgehead atoms. The Labute approximate surface area is 230 Å². The molecule has 6 rings (SSSR count). The van der Waals surface area contributed by atoms with Crippen LogP contribution in [0.2, 0.25) is 0 Å². The molecule has 0 spiro atoms. The zero-order valence-electron chi connectivity index (χ0n) is 22.7. The van der Waals surface area contributed by atoms with Crippen molar-refractivity contribution in [3.8, 4) is 17.3 Å². The Hall–Kier alpha value is -4.92. The van der Waals surface area contributed by atoms with Gasteiger partial charge >= 0.3 is 5.97 Å². The van der Waals surface area contributed by atoms with Gasteiger partial charge in [-0.05, 0) is 59.9 Å². The van der Waals surface area contributed by atoms with Crippen molar-refractivity contribution < 1.29 is 18.7 Å². The van der Waals surface area contributed by atoms with E-state index in [4.69, 9.17) is 18.9 Å². The van der Waals surface area contributed by atoms with E-state index in [9.17, 15) is 9.59 Å². The molecule has 0 saturated heterocycles. The molecule has 9 nitrogen and oxygen atoms in total. The molecule has 0 aliphatic carbocycles. The van der Waals surface area contributed by atoms with Crippen LogP contribution in [-0.4, -0.2) is 41.3 Å². The lowest BCUT2D eigenvalue weighted by molar-refractivity contribution is 0.0600. The number of methoxy groups -OCH3 is 2. The summed E-state index contributed by atoms with van der Waals surface area (Å²) in [6.07, 6.45) is 0.694. The maximum absolute atomic E-state index is 13.7. The number of benzene rings is 3. The molecule has 3 heterocycles. The SMILES string of the molecule is COC(=O)c1ccc2c(c1)[C@H](c1ccccc1C)N(c1nc(-c3nc4ccccc4o3)c(OC)c(=O)n1C)CC2. The van der Waals surface area contributed by atoms with Crippen LogP contribution in [0.1, 0.15) is 38.7 Å². The molecule has 1 aliphatic rings. The van der Waals surface area contributed by atoms with E-state index in [1.807, 2.05) is 48.5 Å². The second-order valence-electron chi connectivity index (χ2n) is 9.75. The number of esters is 1. The number of hydrogen-bond acceptors (Lipinski definition) is 8. The number of carbonyl (C=O) groups excluding carboxylic acids is 1. The van der Waals surface area contributed by atoms with E-state index in [-0.39, 0.29) is 28.9 Å². The fourth-order valence-electron chi connectivity index (χ4n) is 5.43. The summed E-state index contributed by atoms with van der Waals surface area (Å²) in [6, 6.07) is 20.8. The van der Waals surface area contributed by atoms with Gasteiger partial charge in [-0.1, -0.05) is 42.5 Å². The van der Waals surface area contributed by atoms with Crippen LogP contribution in [-0.2, 0) is 18.2 Å². The number of hydrogen-bond donors (Lipinski definition) is 0. The maximum atomic E-state index is 13.7. The molecule has 0 amide bonds. The van der Waals surface area contributed by atoms with Crippen molar-refractivity contribution >= 4 is 23.0 Å². The molecular weight excluding hydrogens is 508 g/mol. The molecule has 5 aromatic rings. The summed E-state index contributed by atoms with van der Waals surface area (Å²) in [4.78, 5) is 37.8. The van der Waals surface area contributed by atoms with Crippen molar-refractivity contribution in [1.29, 1.82) is 0 Å². The molecule has 0 radical (unpaired) electrons. The first kappa shape index (κ1) is 25.4. The first-order valence-corrected chi connectivity index (χ1v) is 13.0.